The smallest absolute Gasteiger partial charge is 0.252 e. The van der Waals surface area contributed by atoms with Crippen LogP contribution in [0.5, 0.6) is 0 Å². The minimum atomic E-state index is -0.989. The molecule has 0 aliphatic carbocycles. The number of hydrogen-bond donors (Lipinski definition) is 2. The first-order chi connectivity index (χ1) is 13.5. The van der Waals surface area contributed by atoms with Gasteiger partial charge in [0, 0.05) is 18.5 Å². The van der Waals surface area contributed by atoms with Gasteiger partial charge in [0.05, 0.1) is 34.8 Å². The van der Waals surface area contributed by atoms with E-state index < -0.39 is 23.0 Å². The first-order valence-electron chi connectivity index (χ1n) is 8.94. The monoisotopic (exact) mass is 421 g/mol. The Balaban J connectivity index is 1.95. The number of nitrogens with zero attached hydrogens (tertiary/aromatic N) is 3. The molecule has 2 heterocycles. The number of rotatable bonds is 5. The second kappa shape index (κ2) is 7.47. The van der Waals surface area contributed by atoms with Crippen molar-refractivity contribution in [1.29, 1.82) is 0 Å². The molecule has 3 rings (SSSR count). The van der Waals surface area contributed by atoms with Crippen LogP contribution in [0.15, 0.2) is 18.2 Å². The van der Waals surface area contributed by atoms with Crippen LogP contribution in [0.4, 0.5) is 4.39 Å². The topological polar surface area (TPSA) is 124 Å². The summed E-state index contributed by atoms with van der Waals surface area (Å²) in [6.07, 6.45) is -0.0528. The fourth-order valence-electron chi connectivity index (χ4n) is 3.21. The number of primary amides is 2. The molecule has 1 aromatic heterocycles. The van der Waals surface area contributed by atoms with Crippen LogP contribution in [0.1, 0.15) is 36.3 Å². The van der Waals surface area contributed by atoms with Gasteiger partial charge >= 0.3 is 0 Å². The van der Waals surface area contributed by atoms with Crippen molar-refractivity contribution in [3.63, 3.8) is 0 Å². The molecule has 0 bridgehead atoms. The van der Waals surface area contributed by atoms with Gasteiger partial charge in [-0.05, 0) is 18.2 Å². The minimum absolute atomic E-state index is 0.0528. The number of halogens is 2. The first kappa shape index (κ1) is 20.8. The standard InChI is InChI=1S/C19H21ClFN5O3/c1-19(2,18(23)29)8-14(27)25-5-6-26-13(9-25)15(17(22)28)16(24-26)10-3-4-12(21)11(20)7-10/h3-4,7H,5-6,8-9H2,1-2H3,(H2,22,28)(H2,23,29). The van der Waals surface area contributed by atoms with Crippen molar-refractivity contribution in [3.8, 4) is 11.3 Å². The molecule has 0 saturated carbocycles. The molecule has 1 aliphatic rings. The third-order valence-corrected chi connectivity index (χ3v) is 5.32. The summed E-state index contributed by atoms with van der Waals surface area (Å²) < 4.78 is 15.1. The highest BCUT2D eigenvalue weighted by atomic mass is 35.5. The molecule has 29 heavy (non-hydrogen) atoms. The van der Waals surface area contributed by atoms with E-state index in [1.165, 1.54) is 23.1 Å². The van der Waals surface area contributed by atoms with Crippen LogP contribution < -0.4 is 11.5 Å². The second-order valence-corrected chi connectivity index (χ2v) is 8.03. The van der Waals surface area contributed by atoms with E-state index in [0.29, 0.717) is 24.3 Å². The van der Waals surface area contributed by atoms with Crippen LogP contribution in [0.2, 0.25) is 5.02 Å². The molecule has 0 saturated heterocycles. The summed E-state index contributed by atoms with van der Waals surface area (Å²) in [6, 6.07) is 4.01. The lowest BCUT2D eigenvalue weighted by Gasteiger charge is -2.30. The van der Waals surface area contributed by atoms with Crippen LogP contribution in [0.3, 0.4) is 0 Å². The van der Waals surface area contributed by atoms with Gasteiger partial charge in [-0.1, -0.05) is 25.4 Å². The highest BCUT2D eigenvalue weighted by Crippen LogP contribution is 2.31. The molecule has 2 aromatic rings. The van der Waals surface area contributed by atoms with Gasteiger partial charge in [0.15, 0.2) is 0 Å². The molecule has 4 N–H and O–H groups in total. The van der Waals surface area contributed by atoms with Gasteiger partial charge in [-0.2, -0.15) is 5.10 Å². The van der Waals surface area contributed by atoms with Crippen LogP contribution in [-0.2, 0) is 22.7 Å². The number of fused-ring (bicyclic) bond motifs is 1. The number of carbonyl (C=O) groups is 3. The van der Waals surface area contributed by atoms with E-state index in [0.717, 1.165) is 0 Å². The Kier molecular flexibility index (Phi) is 5.36. The summed E-state index contributed by atoms with van der Waals surface area (Å²) in [4.78, 5) is 37.9. The number of benzene rings is 1. The molecular formula is C19H21ClFN5O3. The Hall–Kier alpha value is -2.94. The van der Waals surface area contributed by atoms with Crippen molar-refractivity contribution in [3.05, 3.63) is 40.3 Å². The lowest BCUT2D eigenvalue weighted by molar-refractivity contribution is -0.139. The molecule has 10 heteroatoms. The van der Waals surface area contributed by atoms with Gasteiger partial charge < -0.3 is 16.4 Å². The summed E-state index contributed by atoms with van der Waals surface area (Å²) in [5.41, 5.74) is 11.3. The van der Waals surface area contributed by atoms with Gasteiger partial charge in [0.25, 0.3) is 5.91 Å². The molecule has 1 aliphatic heterocycles. The molecule has 3 amide bonds. The predicted molar refractivity (Wildman–Crippen MR) is 104 cm³/mol. The van der Waals surface area contributed by atoms with Crippen molar-refractivity contribution in [2.75, 3.05) is 6.54 Å². The maximum Gasteiger partial charge on any atom is 0.252 e. The number of amides is 3. The number of carbonyl (C=O) groups excluding carboxylic acids is 3. The van der Waals surface area contributed by atoms with Crippen molar-refractivity contribution >= 4 is 29.3 Å². The lowest BCUT2D eigenvalue weighted by atomic mass is 9.88. The largest absolute Gasteiger partial charge is 0.369 e. The normalized spacial score (nSPS) is 13.9. The van der Waals surface area contributed by atoms with E-state index >= 15 is 0 Å². The molecule has 8 nitrogen and oxygen atoms in total. The Morgan fingerprint density at radius 3 is 2.52 bits per heavy atom. The summed E-state index contributed by atoms with van der Waals surface area (Å²) in [5, 5.41) is 4.33. The Morgan fingerprint density at radius 1 is 1.24 bits per heavy atom. The van der Waals surface area contributed by atoms with Crippen LogP contribution in [0, 0.1) is 11.2 Å². The SMILES string of the molecule is CC(C)(CC(=O)N1CCn2nc(-c3ccc(F)c(Cl)c3)c(C(N)=O)c2C1)C(N)=O. The quantitative estimate of drug-likeness (QED) is 0.761. The van der Waals surface area contributed by atoms with E-state index in [-0.39, 0.29) is 35.2 Å². The van der Waals surface area contributed by atoms with E-state index in [9.17, 15) is 18.8 Å². The van der Waals surface area contributed by atoms with Crippen molar-refractivity contribution in [1.82, 2.24) is 14.7 Å². The zero-order valence-corrected chi connectivity index (χ0v) is 16.8. The van der Waals surface area contributed by atoms with E-state index in [1.807, 2.05) is 0 Å². The zero-order chi connectivity index (χ0) is 21.5. The lowest BCUT2D eigenvalue weighted by Crippen LogP contribution is -2.43. The van der Waals surface area contributed by atoms with Crippen LogP contribution >= 0.6 is 11.6 Å². The summed E-state index contributed by atoms with van der Waals surface area (Å²) in [6.45, 7) is 4.00. The molecule has 0 fully saturated rings. The van der Waals surface area contributed by atoms with Crippen molar-refractivity contribution in [2.24, 2.45) is 16.9 Å². The molecule has 1 aromatic carbocycles. The van der Waals surface area contributed by atoms with Crippen molar-refractivity contribution < 1.29 is 18.8 Å². The third-order valence-electron chi connectivity index (χ3n) is 5.03. The Morgan fingerprint density at radius 2 is 1.93 bits per heavy atom. The fourth-order valence-corrected chi connectivity index (χ4v) is 3.39. The number of nitrogens with two attached hydrogens (primary N) is 2. The van der Waals surface area contributed by atoms with Crippen LogP contribution in [0.25, 0.3) is 11.3 Å². The maximum absolute atomic E-state index is 13.5. The fraction of sp³-hybridized carbons (Fsp3) is 0.368. The Labute approximate surface area is 171 Å². The van der Waals surface area contributed by atoms with Gasteiger partial charge in [0.2, 0.25) is 11.8 Å². The summed E-state index contributed by atoms with van der Waals surface area (Å²) in [7, 11) is 0. The summed E-state index contributed by atoms with van der Waals surface area (Å²) >= 11 is 5.86. The molecular weight excluding hydrogens is 401 g/mol. The van der Waals surface area contributed by atoms with Gasteiger partial charge in [-0.25, -0.2) is 4.39 Å². The zero-order valence-electron chi connectivity index (χ0n) is 16.0. The average molecular weight is 422 g/mol. The number of aromatic nitrogens is 2. The van der Waals surface area contributed by atoms with E-state index in [4.69, 9.17) is 23.1 Å². The maximum atomic E-state index is 13.5. The second-order valence-electron chi connectivity index (χ2n) is 7.63. The molecule has 0 unspecified atom stereocenters. The van der Waals surface area contributed by atoms with Gasteiger partial charge in [-0.3, -0.25) is 19.1 Å². The Bertz CT molecular complexity index is 1020. The number of hydrogen-bond acceptors (Lipinski definition) is 4. The van der Waals surface area contributed by atoms with Crippen molar-refractivity contribution in [2.45, 2.75) is 33.4 Å². The third kappa shape index (κ3) is 3.95. The molecule has 0 spiro atoms. The van der Waals surface area contributed by atoms with Gasteiger partial charge in [-0.15, -0.1) is 0 Å². The average Bonchev–Trinajstić information content (AvgIpc) is 3.02. The van der Waals surface area contributed by atoms with Gasteiger partial charge in [0.1, 0.15) is 11.5 Å². The van der Waals surface area contributed by atoms with E-state index in [2.05, 4.69) is 5.10 Å². The highest BCUT2D eigenvalue weighted by molar-refractivity contribution is 6.31. The summed E-state index contributed by atoms with van der Waals surface area (Å²) in [5.74, 6) is -2.13. The van der Waals surface area contributed by atoms with Crippen LogP contribution in [-0.4, -0.2) is 38.9 Å². The molecule has 0 atom stereocenters. The molecule has 154 valence electrons. The predicted octanol–water partition coefficient (Wildman–Crippen LogP) is 1.69. The highest BCUT2D eigenvalue weighted by Gasteiger charge is 2.34. The van der Waals surface area contributed by atoms with E-state index in [1.54, 1.807) is 18.5 Å². The minimum Gasteiger partial charge on any atom is -0.369 e. The first-order valence-corrected chi connectivity index (χ1v) is 9.31. The molecule has 0 radical (unpaired) electrons.